The highest BCUT2D eigenvalue weighted by Crippen LogP contribution is 2.36. The Kier molecular flexibility index (Phi) is 3.58. The van der Waals surface area contributed by atoms with Crippen LogP contribution in [-0.4, -0.2) is 31.9 Å². The van der Waals surface area contributed by atoms with Gasteiger partial charge in [0.05, 0.1) is 23.1 Å². The first-order valence-corrected chi connectivity index (χ1v) is 9.09. The number of aryl methyl sites for hydroxylation is 1. The van der Waals surface area contributed by atoms with Crippen LogP contribution in [0.25, 0.3) is 33.6 Å². The normalized spacial score (nSPS) is 18.5. The summed E-state index contributed by atoms with van der Waals surface area (Å²) in [5.41, 5.74) is 6.02. The minimum absolute atomic E-state index is 0.296. The topological polar surface area (TPSA) is 75.1 Å². The molecular formula is C21H18FN5O. The van der Waals surface area contributed by atoms with Crippen molar-refractivity contribution in [3.8, 4) is 11.1 Å². The Labute approximate surface area is 160 Å². The van der Waals surface area contributed by atoms with E-state index in [2.05, 4.69) is 40.2 Å². The number of benzene rings is 1. The molecule has 6 nitrogen and oxygen atoms in total. The molecule has 1 aliphatic carbocycles. The number of amides is 1. The van der Waals surface area contributed by atoms with Crippen LogP contribution in [0.2, 0.25) is 0 Å². The van der Waals surface area contributed by atoms with Gasteiger partial charge in [0, 0.05) is 17.6 Å². The zero-order chi connectivity index (χ0) is 19.4. The Bertz CT molecular complexity index is 1250. The van der Waals surface area contributed by atoms with E-state index in [1.54, 1.807) is 10.6 Å². The largest absolute Gasteiger partial charge is 0.309 e. The van der Waals surface area contributed by atoms with Crippen LogP contribution in [0.5, 0.6) is 0 Å². The fourth-order valence-electron chi connectivity index (χ4n) is 3.70. The molecule has 3 heterocycles. The minimum Gasteiger partial charge on any atom is -0.309 e. The zero-order valence-corrected chi connectivity index (χ0v) is 15.2. The molecule has 1 saturated carbocycles. The highest BCUT2D eigenvalue weighted by molar-refractivity contribution is 6.00. The van der Waals surface area contributed by atoms with Gasteiger partial charge in [-0.3, -0.25) is 9.89 Å². The van der Waals surface area contributed by atoms with Crippen molar-refractivity contribution in [2.45, 2.75) is 19.5 Å². The summed E-state index contributed by atoms with van der Waals surface area (Å²) in [7, 11) is 0. The molecule has 7 heteroatoms. The Morgan fingerprint density at radius 2 is 2.25 bits per heavy atom. The van der Waals surface area contributed by atoms with Gasteiger partial charge >= 0.3 is 0 Å². The lowest BCUT2D eigenvalue weighted by Crippen LogP contribution is -2.15. The second kappa shape index (κ2) is 6.02. The van der Waals surface area contributed by atoms with Gasteiger partial charge in [0.2, 0.25) is 5.91 Å². The van der Waals surface area contributed by atoms with E-state index in [1.165, 1.54) is 0 Å². The molecule has 1 aliphatic rings. The summed E-state index contributed by atoms with van der Waals surface area (Å²) in [6.07, 6.45) is 4.75. The quantitative estimate of drug-likeness (QED) is 0.563. The van der Waals surface area contributed by atoms with E-state index in [9.17, 15) is 9.18 Å². The van der Waals surface area contributed by atoms with E-state index in [4.69, 9.17) is 0 Å². The van der Waals surface area contributed by atoms with Gasteiger partial charge in [0.1, 0.15) is 6.17 Å². The molecular weight excluding hydrogens is 357 g/mol. The molecule has 0 unspecified atom stereocenters. The van der Waals surface area contributed by atoms with Gasteiger partial charge in [-0.05, 0) is 53.8 Å². The number of aromatic amines is 1. The first-order valence-electron chi connectivity index (χ1n) is 9.09. The van der Waals surface area contributed by atoms with E-state index >= 15 is 0 Å². The molecule has 2 N–H and O–H groups in total. The third-order valence-corrected chi connectivity index (χ3v) is 5.24. The molecule has 0 saturated heterocycles. The SMILES string of the molecule is C=Cc1cc(C)c(-c2ccn3nc(NC(=O)[C@@H]4C[C@@H]4F)cc3c2)c2cn[nH]c12. The van der Waals surface area contributed by atoms with E-state index in [-0.39, 0.29) is 5.91 Å². The maximum absolute atomic E-state index is 13.1. The Balaban J connectivity index is 1.56. The number of hydrogen-bond acceptors (Lipinski definition) is 3. The van der Waals surface area contributed by atoms with Crippen molar-refractivity contribution in [2.75, 3.05) is 5.32 Å². The number of carbonyl (C=O) groups excluding carboxylic acids is 1. The number of nitrogens with one attached hydrogen (secondary N) is 2. The molecule has 3 aromatic heterocycles. The number of hydrogen-bond donors (Lipinski definition) is 2. The number of nitrogens with zero attached hydrogens (tertiary/aromatic N) is 3. The Hall–Kier alpha value is -3.48. The van der Waals surface area contributed by atoms with E-state index in [0.29, 0.717) is 12.2 Å². The fraction of sp³-hybridized carbons (Fsp3) is 0.190. The summed E-state index contributed by atoms with van der Waals surface area (Å²) in [6, 6.07) is 7.86. The number of anilines is 1. The molecule has 0 radical (unpaired) electrons. The number of alkyl halides is 1. The molecule has 0 aliphatic heterocycles. The van der Waals surface area contributed by atoms with Crippen LogP contribution in [0.1, 0.15) is 17.5 Å². The predicted octanol–water partition coefficient (Wildman–Crippen LogP) is 4.13. The van der Waals surface area contributed by atoms with Crippen LogP contribution in [-0.2, 0) is 4.79 Å². The number of carbonyl (C=O) groups is 1. The molecule has 1 amide bonds. The monoisotopic (exact) mass is 375 g/mol. The molecule has 1 fully saturated rings. The lowest BCUT2D eigenvalue weighted by Gasteiger charge is -2.10. The zero-order valence-electron chi connectivity index (χ0n) is 15.2. The smallest absolute Gasteiger partial charge is 0.231 e. The highest BCUT2D eigenvalue weighted by Gasteiger charge is 2.43. The number of aromatic nitrogens is 4. The van der Waals surface area contributed by atoms with Crippen molar-refractivity contribution in [1.29, 1.82) is 0 Å². The van der Waals surface area contributed by atoms with Crippen LogP contribution in [0.3, 0.4) is 0 Å². The lowest BCUT2D eigenvalue weighted by molar-refractivity contribution is -0.117. The third kappa shape index (κ3) is 2.58. The van der Waals surface area contributed by atoms with E-state index in [0.717, 1.165) is 38.7 Å². The van der Waals surface area contributed by atoms with Gasteiger partial charge in [-0.25, -0.2) is 8.91 Å². The van der Waals surface area contributed by atoms with Crippen LogP contribution in [0, 0.1) is 12.8 Å². The summed E-state index contributed by atoms with van der Waals surface area (Å²) in [5.74, 6) is -0.429. The molecule has 0 spiro atoms. The second-order valence-corrected chi connectivity index (χ2v) is 7.18. The Morgan fingerprint density at radius 3 is 3.00 bits per heavy atom. The van der Waals surface area contributed by atoms with Crippen molar-refractivity contribution in [3.63, 3.8) is 0 Å². The van der Waals surface area contributed by atoms with Gasteiger partial charge in [-0.15, -0.1) is 0 Å². The summed E-state index contributed by atoms with van der Waals surface area (Å²) in [4.78, 5) is 12.0. The Morgan fingerprint density at radius 1 is 1.43 bits per heavy atom. The predicted molar refractivity (Wildman–Crippen MR) is 107 cm³/mol. The number of halogens is 1. The molecule has 28 heavy (non-hydrogen) atoms. The van der Waals surface area contributed by atoms with E-state index in [1.807, 2.05) is 30.6 Å². The summed E-state index contributed by atoms with van der Waals surface area (Å²) in [5, 5.41) is 15.3. The summed E-state index contributed by atoms with van der Waals surface area (Å²) in [6.45, 7) is 5.94. The molecule has 5 rings (SSSR count). The first kappa shape index (κ1) is 16.7. The second-order valence-electron chi connectivity index (χ2n) is 7.18. The van der Waals surface area contributed by atoms with Gasteiger partial charge in [0.25, 0.3) is 0 Å². The standard InChI is InChI=1S/C21H18FN5O/c1-3-12-6-11(2)19(16-10-23-25-20(12)16)13-4-5-27-14(7-13)8-18(26-27)24-21(28)15-9-17(15)22/h3-8,10,15,17H,1,9H2,2H3,(H,23,25)(H,24,26,28)/t15-,17+/m1/s1. The van der Waals surface area contributed by atoms with Gasteiger partial charge in [-0.1, -0.05) is 12.7 Å². The highest BCUT2D eigenvalue weighted by atomic mass is 19.1. The molecule has 2 atom stereocenters. The van der Waals surface area contributed by atoms with Crippen molar-refractivity contribution >= 4 is 34.2 Å². The molecule has 140 valence electrons. The van der Waals surface area contributed by atoms with Crippen molar-refractivity contribution in [3.05, 3.63) is 54.4 Å². The molecule has 4 aromatic rings. The van der Waals surface area contributed by atoms with Crippen molar-refractivity contribution < 1.29 is 9.18 Å². The van der Waals surface area contributed by atoms with Crippen LogP contribution >= 0.6 is 0 Å². The maximum atomic E-state index is 13.1. The van der Waals surface area contributed by atoms with Crippen LogP contribution < -0.4 is 5.32 Å². The summed E-state index contributed by atoms with van der Waals surface area (Å²) >= 11 is 0. The maximum Gasteiger partial charge on any atom is 0.231 e. The van der Waals surface area contributed by atoms with Crippen LogP contribution in [0.4, 0.5) is 10.2 Å². The average molecular weight is 375 g/mol. The number of fused-ring (bicyclic) bond motifs is 2. The lowest BCUT2D eigenvalue weighted by atomic mass is 9.95. The summed E-state index contributed by atoms with van der Waals surface area (Å²) < 4.78 is 14.8. The number of H-pyrrole nitrogens is 1. The molecule has 1 aromatic carbocycles. The third-order valence-electron chi connectivity index (χ3n) is 5.24. The average Bonchev–Trinajstić information content (AvgIpc) is 3.06. The van der Waals surface area contributed by atoms with Crippen molar-refractivity contribution in [1.82, 2.24) is 19.8 Å². The van der Waals surface area contributed by atoms with Crippen molar-refractivity contribution in [2.24, 2.45) is 5.92 Å². The van der Waals surface area contributed by atoms with Gasteiger partial charge in [0.15, 0.2) is 5.82 Å². The minimum atomic E-state index is -1.03. The van der Waals surface area contributed by atoms with Gasteiger partial charge < -0.3 is 5.32 Å². The fourth-order valence-corrected chi connectivity index (χ4v) is 3.70. The van der Waals surface area contributed by atoms with Gasteiger partial charge in [-0.2, -0.15) is 10.2 Å². The first-order chi connectivity index (χ1) is 13.5. The number of rotatable bonds is 4. The van der Waals surface area contributed by atoms with E-state index < -0.39 is 12.1 Å². The molecule has 0 bridgehead atoms. The number of pyridine rings is 1. The van der Waals surface area contributed by atoms with Crippen LogP contribution in [0.15, 0.2) is 43.2 Å².